The van der Waals surface area contributed by atoms with Crippen molar-refractivity contribution in [2.24, 2.45) is 5.10 Å². The van der Waals surface area contributed by atoms with Crippen molar-refractivity contribution in [1.29, 1.82) is 0 Å². The Kier molecular flexibility index (Phi) is 8.83. The fourth-order valence-electron chi connectivity index (χ4n) is 3.19. The smallest absolute Gasteiger partial charge is 0.264 e. The first kappa shape index (κ1) is 26.9. The first-order valence-corrected chi connectivity index (χ1v) is 13.0. The lowest BCUT2D eigenvalue weighted by molar-refractivity contribution is -0.119. The number of hydrazone groups is 1. The molecule has 0 fully saturated rings. The van der Waals surface area contributed by atoms with Crippen LogP contribution < -0.4 is 19.8 Å². The van der Waals surface area contributed by atoms with Gasteiger partial charge in [0, 0.05) is 17.1 Å². The van der Waals surface area contributed by atoms with Gasteiger partial charge in [-0.05, 0) is 73.2 Å². The Morgan fingerprint density at radius 3 is 2.25 bits per heavy atom. The van der Waals surface area contributed by atoms with Gasteiger partial charge in [-0.15, -0.1) is 0 Å². The van der Waals surface area contributed by atoms with Crippen LogP contribution in [-0.2, 0) is 19.6 Å². The molecular weight excluding hydrogens is 548 g/mol. The number of benzene rings is 3. The SMILES string of the molecule is COc1ccc(N(CC(=O)N/N=C(/C)c2cccc(Br)c2)S(=O)(=O)c2ccc(NC(C)=O)cc2)cc1. The number of carbonyl (C=O) groups excluding carboxylic acids is 2. The van der Waals surface area contributed by atoms with Gasteiger partial charge in [-0.25, -0.2) is 13.8 Å². The highest BCUT2D eigenvalue weighted by molar-refractivity contribution is 9.10. The van der Waals surface area contributed by atoms with E-state index in [0.29, 0.717) is 17.1 Å². The van der Waals surface area contributed by atoms with Crippen LogP contribution in [0.15, 0.2) is 87.3 Å². The van der Waals surface area contributed by atoms with E-state index in [-0.39, 0.29) is 16.5 Å². The second-order valence-corrected chi connectivity index (χ2v) is 10.4. The summed E-state index contributed by atoms with van der Waals surface area (Å²) in [6, 6.07) is 19.4. The van der Waals surface area contributed by atoms with E-state index in [2.05, 4.69) is 31.8 Å². The summed E-state index contributed by atoms with van der Waals surface area (Å²) < 4.78 is 34.1. The summed E-state index contributed by atoms with van der Waals surface area (Å²) in [5.74, 6) is -0.367. The topological polar surface area (TPSA) is 117 Å². The molecule has 3 aromatic carbocycles. The van der Waals surface area contributed by atoms with Crippen molar-refractivity contribution in [3.8, 4) is 5.75 Å². The van der Waals surface area contributed by atoms with Gasteiger partial charge in [0.25, 0.3) is 15.9 Å². The van der Waals surface area contributed by atoms with Crippen LogP contribution in [0.25, 0.3) is 0 Å². The molecule has 188 valence electrons. The second-order valence-electron chi connectivity index (χ2n) is 7.66. The number of nitrogens with one attached hydrogen (secondary N) is 2. The van der Waals surface area contributed by atoms with Crippen LogP contribution in [-0.4, -0.2) is 39.6 Å². The predicted octanol–water partition coefficient (Wildman–Crippen LogP) is 4.15. The van der Waals surface area contributed by atoms with E-state index in [4.69, 9.17) is 4.74 Å². The minimum atomic E-state index is -4.15. The molecule has 0 aliphatic rings. The maximum absolute atomic E-state index is 13.5. The van der Waals surface area contributed by atoms with E-state index in [0.717, 1.165) is 14.3 Å². The van der Waals surface area contributed by atoms with E-state index >= 15 is 0 Å². The number of nitrogens with zero attached hydrogens (tertiary/aromatic N) is 2. The van der Waals surface area contributed by atoms with Gasteiger partial charge < -0.3 is 10.1 Å². The van der Waals surface area contributed by atoms with Gasteiger partial charge in [0.1, 0.15) is 12.3 Å². The van der Waals surface area contributed by atoms with E-state index in [1.165, 1.54) is 38.3 Å². The van der Waals surface area contributed by atoms with Crippen LogP contribution in [0.1, 0.15) is 19.4 Å². The van der Waals surface area contributed by atoms with Crippen molar-refractivity contribution in [2.45, 2.75) is 18.7 Å². The summed E-state index contributed by atoms with van der Waals surface area (Å²) in [6.07, 6.45) is 0. The molecule has 0 spiro atoms. The van der Waals surface area contributed by atoms with Crippen LogP contribution in [0.5, 0.6) is 5.75 Å². The number of hydrogen-bond acceptors (Lipinski definition) is 6. The van der Waals surface area contributed by atoms with Crippen molar-refractivity contribution in [2.75, 3.05) is 23.3 Å². The summed E-state index contributed by atoms with van der Waals surface area (Å²) in [5.41, 5.74) is 4.50. The van der Waals surface area contributed by atoms with Gasteiger partial charge in [0.05, 0.1) is 23.4 Å². The highest BCUT2D eigenvalue weighted by Gasteiger charge is 2.27. The third kappa shape index (κ3) is 6.92. The van der Waals surface area contributed by atoms with Gasteiger partial charge in [0.2, 0.25) is 5.91 Å². The number of ether oxygens (including phenoxy) is 1. The van der Waals surface area contributed by atoms with Crippen LogP contribution in [0.4, 0.5) is 11.4 Å². The number of methoxy groups -OCH3 is 1. The zero-order chi connectivity index (χ0) is 26.3. The summed E-state index contributed by atoms with van der Waals surface area (Å²) >= 11 is 3.39. The van der Waals surface area contributed by atoms with Gasteiger partial charge in [-0.3, -0.25) is 13.9 Å². The Balaban J connectivity index is 1.88. The molecule has 0 unspecified atom stereocenters. The summed E-state index contributed by atoms with van der Waals surface area (Å²) in [4.78, 5) is 24.0. The number of halogens is 1. The molecule has 0 aliphatic carbocycles. The molecule has 2 amide bonds. The largest absolute Gasteiger partial charge is 0.497 e. The molecule has 11 heteroatoms. The zero-order valence-electron chi connectivity index (χ0n) is 19.9. The number of hydrogen-bond donors (Lipinski definition) is 2. The van der Waals surface area contributed by atoms with E-state index in [9.17, 15) is 18.0 Å². The number of amides is 2. The molecule has 9 nitrogen and oxygen atoms in total. The lowest BCUT2D eigenvalue weighted by Gasteiger charge is -2.24. The molecule has 0 bridgehead atoms. The van der Waals surface area contributed by atoms with Crippen molar-refractivity contribution in [1.82, 2.24) is 5.43 Å². The summed E-state index contributed by atoms with van der Waals surface area (Å²) in [6.45, 7) is 2.57. The highest BCUT2D eigenvalue weighted by atomic mass is 79.9. The molecule has 0 aromatic heterocycles. The first-order valence-electron chi connectivity index (χ1n) is 10.7. The average Bonchev–Trinajstić information content (AvgIpc) is 2.86. The van der Waals surface area contributed by atoms with Crippen molar-refractivity contribution >= 4 is 54.9 Å². The van der Waals surface area contributed by atoms with Crippen LogP contribution in [0, 0.1) is 0 Å². The molecule has 0 aliphatic heterocycles. The standard InChI is InChI=1S/C25H25BrN4O5S/c1-17(19-5-4-6-20(26)15-19)28-29-25(32)16-30(22-9-11-23(35-3)12-10-22)36(33,34)24-13-7-21(8-14-24)27-18(2)31/h4-15H,16H2,1-3H3,(H,27,31)(H,29,32)/b28-17-. The minimum absolute atomic E-state index is 0.0472. The molecule has 2 N–H and O–H groups in total. The van der Waals surface area contributed by atoms with E-state index in [1.54, 1.807) is 31.2 Å². The fraction of sp³-hybridized carbons (Fsp3) is 0.160. The van der Waals surface area contributed by atoms with Gasteiger partial charge in [-0.2, -0.15) is 5.10 Å². The normalized spacial score (nSPS) is 11.5. The minimum Gasteiger partial charge on any atom is -0.497 e. The first-order chi connectivity index (χ1) is 17.1. The molecule has 3 rings (SSSR count). The number of rotatable bonds is 9. The van der Waals surface area contributed by atoms with Gasteiger partial charge in [0.15, 0.2) is 0 Å². The lowest BCUT2D eigenvalue weighted by Crippen LogP contribution is -2.39. The summed E-state index contributed by atoms with van der Waals surface area (Å²) in [5, 5.41) is 6.71. The molecule has 0 radical (unpaired) electrons. The van der Waals surface area contributed by atoms with Gasteiger partial charge in [-0.1, -0.05) is 28.1 Å². The zero-order valence-corrected chi connectivity index (χ0v) is 22.3. The fourth-order valence-corrected chi connectivity index (χ4v) is 5.01. The molecule has 0 saturated heterocycles. The van der Waals surface area contributed by atoms with Crippen LogP contribution in [0.2, 0.25) is 0 Å². The van der Waals surface area contributed by atoms with Crippen LogP contribution >= 0.6 is 15.9 Å². The quantitative estimate of drug-likeness (QED) is 0.295. The molecule has 0 saturated carbocycles. The third-order valence-corrected chi connectivity index (χ3v) is 7.28. The highest BCUT2D eigenvalue weighted by Crippen LogP contribution is 2.26. The second kappa shape index (κ2) is 11.8. The van der Waals surface area contributed by atoms with Crippen molar-refractivity contribution < 1.29 is 22.7 Å². The summed E-state index contributed by atoms with van der Waals surface area (Å²) in [7, 11) is -2.65. The lowest BCUT2D eigenvalue weighted by atomic mass is 10.1. The average molecular weight is 573 g/mol. The maximum Gasteiger partial charge on any atom is 0.264 e. The van der Waals surface area contributed by atoms with E-state index < -0.39 is 22.5 Å². The monoisotopic (exact) mass is 572 g/mol. The maximum atomic E-state index is 13.5. The van der Waals surface area contributed by atoms with E-state index in [1.807, 2.05) is 24.3 Å². The third-order valence-electron chi connectivity index (χ3n) is 5.00. The molecule has 0 heterocycles. The Morgan fingerprint density at radius 1 is 1.00 bits per heavy atom. The number of anilines is 2. The Bertz CT molecular complexity index is 1370. The van der Waals surface area contributed by atoms with Crippen molar-refractivity contribution in [3.63, 3.8) is 0 Å². The Hall–Kier alpha value is -3.70. The van der Waals surface area contributed by atoms with Crippen LogP contribution in [0.3, 0.4) is 0 Å². The molecular formula is C25H25BrN4O5S. The Morgan fingerprint density at radius 2 is 1.67 bits per heavy atom. The number of sulfonamides is 1. The molecule has 0 atom stereocenters. The molecule has 36 heavy (non-hydrogen) atoms. The Labute approximate surface area is 218 Å². The van der Waals surface area contributed by atoms with Crippen molar-refractivity contribution in [3.05, 3.63) is 82.8 Å². The molecule has 3 aromatic rings. The predicted molar refractivity (Wildman–Crippen MR) is 143 cm³/mol. The number of carbonyl (C=O) groups is 2. The van der Waals surface area contributed by atoms with Gasteiger partial charge >= 0.3 is 0 Å².